The van der Waals surface area contributed by atoms with Crippen molar-refractivity contribution in [1.29, 1.82) is 0 Å². The van der Waals surface area contributed by atoms with Crippen molar-refractivity contribution < 1.29 is 18.3 Å². The number of ether oxygens (including phenoxy) is 2. The minimum absolute atomic E-state index is 0.415. The second-order valence-electron chi connectivity index (χ2n) is 6.07. The Bertz CT molecular complexity index is 1180. The summed E-state index contributed by atoms with van der Waals surface area (Å²) in [5, 5.41) is 9.45. The molecular formula is C21H18N2O5S. The molecule has 0 bridgehead atoms. The lowest BCUT2D eigenvalue weighted by molar-refractivity contribution is 0.340. The van der Waals surface area contributed by atoms with Crippen LogP contribution < -0.4 is 15.1 Å². The molecule has 0 aliphatic heterocycles. The van der Waals surface area contributed by atoms with Crippen LogP contribution in [-0.4, -0.2) is 23.9 Å². The van der Waals surface area contributed by atoms with Gasteiger partial charge in [0.15, 0.2) is 0 Å². The average molecular weight is 410 g/mol. The van der Waals surface area contributed by atoms with Crippen LogP contribution in [0.2, 0.25) is 0 Å². The second kappa shape index (κ2) is 8.40. The van der Waals surface area contributed by atoms with Crippen LogP contribution in [-0.2, 0) is 5.75 Å². The number of nitrogens with zero attached hydrogens (tertiary/aromatic N) is 2. The Morgan fingerprint density at radius 2 is 1.79 bits per heavy atom. The number of hydrogen-bond donors (Lipinski definition) is 0. The van der Waals surface area contributed by atoms with Gasteiger partial charge in [0, 0.05) is 28.8 Å². The molecule has 29 heavy (non-hydrogen) atoms. The maximum atomic E-state index is 11.9. The van der Waals surface area contributed by atoms with Gasteiger partial charge in [0.05, 0.1) is 13.7 Å². The van der Waals surface area contributed by atoms with Crippen LogP contribution >= 0.6 is 11.8 Å². The third-order valence-electron chi connectivity index (χ3n) is 4.21. The topological polar surface area (TPSA) is 87.6 Å². The van der Waals surface area contributed by atoms with E-state index in [0.29, 0.717) is 34.8 Å². The van der Waals surface area contributed by atoms with Crippen molar-refractivity contribution in [2.75, 3.05) is 13.7 Å². The number of rotatable bonds is 7. The Balaban J connectivity index is 1.52. The number of thioether (sulfide) groups is 1. The van der Waals surface area contributed by atoms with Gasteiger partial charge in [-0.15, -0.1) is 10.2 Å². The fraction of sp³-hybridized carbons (Fsp3) is 0.190. The summed E-state index contributed by atoms with van der Waals surface area (Å²) >= 11 is 1.36. The van der Waals surface area contributed by atoms with Crippen LogP contribution in [0.5, 0.6) is 11.5 Å². The molecule has 0 N–H and O–H groups in total. The summed E-state index contributed by atoms with van der Waals surface area (Å²) in [5.41, 5.74) is 1.70. The zero-order valence-corrected chi connectivity index (χ0v) is 16.7. The molecule has 0 aliphatic rings. The fourth-order valence-electron chi connectivity index (χ4n) is 2.84. The Hall–Kier alpha value is -3.26. The first kappa shape index (κ1) is 19.1. The van der Waals surface area contributed by atoms with E-state index in [1.165, 1.54) is 17.8 Å². The van der Waals surface area contributed by atoms with Gasteiger partial charge < -0.3 is 18.3 Å². The number of aromatic nitrogens is 2. The first-order valence-electron chi connectivity index (χ1n) is 8.96. The number of methoxy groups -OCH3 is 1. The highest BCUT2D eigenvalue weighted by molar-refractivity contribution is 7.98. The van der Waals surface area contributed by atoms with Crippen molar-refractivity contribution >= 4 is 22.7 Å². The monoisotopic (exact) mass is 410 g/mol. The summed E-state index contributed by atoms with van der Waals surface area (Å²) in [4.78, 5) is 11.9. The third-order valence-corrected chi connectivity index (χ3v) is 5.07. The van der Waals surface area contributed by atoms with E-state index in [4.69, 9.17) is 18.3 Å². The summed E-state index contributed by atoms with van der Waals surface area (Å²) < 4.78 is 21.7. The van der Waals surface area contributed by atoms with Crippen molar-refractivity contribution in [2.45, 2.75) is 17.9 Å². The van der Waals surface area contributed by atoms with Crippen molar-refractivity contribution in [1.82, 2.24) is 10.2 Å². The Kier molecular flexibility index (Phi) is 5.53. The maximum absolute atomic E-state index is 11.9. The van der Waals surface area contributed by atoms with Crippen LogP contribution in [0.1, 0.15) is 12.5 Å². The minimum Gasteiger partial charge on any atom is -0.497 e. The Morgan fingerprint density at radius 3 is 2.55 bits per heavy atom. The standard InChI is InChI=1S/C21H18N2O5S/c1-3-26-15-6-4-13(5-7-15)20-22-23-21(28-20)29-12-14-10-19(24)27-18-11-16(25-2)8-9-17(14)18/h4-11H,3,12H2,1-2H3. The molecule has 4 rings (SSSR count). The van der Waals surface area contributed by atoms with E-state index in [-0.39, 0.29) is 0 Å². The number of hydrogen-bond acceptors (Lipinski definition) is 8. The SMILES string of the molecule is CCOc1ccc(-c2nnc(SCc3cc(=O)oc4cc(OC)ccc34)o2)cc1. The molecule has 0 aliphatic carbocycles. The van der Waals surface area contributed by atoms with Crippen LogP contribution in [0.3, 0.4) is 0 Å². The molecule has 0 saturated heterocycles. The summed E-state index contributed by atoms with van der Waals surface area (Å²) in [6, 6.07) is 14.3. The van der Waals surface area contributed by atoms with E-state index >= 15 is 0 Å². The molecule has 8 heteroatoms. The predicted molar refractivity (Wildman–Crippen MR) is 110 cm³/mol. The van der Waals surface area contributed by atoms with Gasteiger partial charge in [-0.3, -0.25) is 0 Å². The first-order chi connectivity index (χ1) is 14.2. The highest BCUT2D eigenvalue weighted by Crippen LogP contribution is 2.30. The molecule has 4 aromatic rings. The van der Waals surface area contributed by atoms with Gasteiger partial charge in [0.1, 0.15) is 17.1 Å². The predicted octanol–water partition coefficient (Wildman–Crippen LogP) is 4.54. The van der Waals surface area contributed by atoms with E-state index in [0.717, 1.165) is 22.3 Å². The van der Waals surface area contributed by atoms with Gasteiger partial charge in [-0.25, -0.2) is 4.79 Å². The smallest absolute Gasteiger partial charge is 0.336 e. The first-order valence-corrected chi connectivity index (χ1v) is 9.95. The van der Waals surface area contributed by atoms with E-state index in [9.17, 15) is 4.79 Å². The normalized spacial score (nSPS) is 11.0. The van der Waals surface area contributed by atoms with Crippen molar-refractivity contribution in [3.8, 4) is 23.0 Å². The van der Waals surface area contributed by atoms with Crippen LogP contribution in [0.25, 0.3) is 22.4 Å². The number of fused-ring (bicyclic) bond motifs is 1. The highest BCUT2D eigenvalue weighted by atomic mass is 32.2. The van der Waals surface area contributed by atoms with Crippen LogP contribution in [0, 0.1) is 0 Å². The van der Waals surface area contributed by atoms with E-state index < -0.39 is 5.63 Å². The van der Waals surface area contributed by atoms with Crippen LogP contribution in [0.15, 0.2) is 67.4 Å². The largest absolute Gasteiger partial charge is 0.497 e. The molecule has 2 aromatic heterocycles. The zero-order valence-electron chi connectivity index (χ0n) is 15.9. The van der Waals surface area contributed by atoms with Crippen molar-refractivity contribution in [2.24, 2.45) is 0 Å². The Morgan fingerprint density at radius 1 is 1.00 bits per heavy atom. The van der Waals surface area contributed by atoms with Crippen molar-refractivity contribution in [3.63, 3.8) is 0 Å². The van der Waals surface area contributed by atoms with Gasteiger partial charge in [-0.1, -0.05) is 11.8 Å². The molecule has 2 heterocycles. The third kappa shape index (κ3) is 4.27. The maximum Gasteiger partial charge on any atom is 0.336 e. The molecule has 2 aromatic carbocycles. The molecule has 0 spiro atoms. The average Bonchev–Trinajstić information content (AvgIpc) is 3.21. The quantitative estimate of drug-likeness (QED) is 0.324. The zero-order chi connectivity index (χ0) is 20.2. The van der Waals surface area contributed by atoms with Crippen molar-refractivity contribution in [3.05, 3.63) is 64.5 Å². The molecule has 7 nitrogen and oxygen atoms in total. The molecule has 0 radical (unpaired) electrons. The lowest BCUT2D eigenvalue weighted by atomic mass is 10.1. The van der Waals surface area contributed by atoms with Gasteiger partial charge in [-0.05, 0) is 48.9 Å². The number of benzene rings is 2. The van der Waals surface area contributed by atoms with E-state index in [2.05, 4.69) is 10.2 Å². The molecule has 0 unspecified atom stereocenters. The molecule has 148 valence electrons. The minimum atomic E-state index is -0.415. The molecule has 0 atom stereocenters. The fourth-order valence-corrected chi connectivity index (χ4v) is 3.60. The van der Waals surface area contributed by atoms with Crippen LogP contribution in [0.4, 0.5) is 0 Å². The van der Waals surface area contributed by atoms with E-state index in [1.54, 1.807) is 13.2 Å². The second-order valence-corrected chi connectivity index (χ2v) is 7.00. The summed E-state index contributed by atoms with van der Waals surface area (Å²) in [7, 11) is 1.57. The van der Waals surface area contributed by atoms with Gasteiger partial charge in [-0.2, -0.15) is 0 Å². The van der Waals surface area contributed by atoms with E-state index in [1.807, 2.05) is 43.3 Å². The lowest BCUT2D eigenvalue weighted by Gasteiger charge is -2.05. The van der Waals surface area contributed by atoms with Gasteiger partial charge in [0.2, 0.25) is 5.89 Å². The van der Waals surface area contributed by atoms with Gasteiger partial charge in [0.25, 0.3) is 5.22 Å². The molecule has 0 saturated carbocycles. The highest BCUT2D eigenvalue weighted by Gasteiger charge is 2.12. The lowest BCUT2D eigenvalue weighted by Crippen LogP contribution is -2.00. The molecule has 0 fully saturated rings. The molecular weight excluding hydrogens is 392 g/mol. The Labute approximate surface area is 170 Å². The van der Waals surface area contributed by atoms with Gasteiger partial charge >= 0.3 is 5.63 Å². The summed E-state index contributed by atoms with van der Waals surface area (Å²) in [6.45, 7) is 2.55. The summed E-state index contributed by atoms with van der Waals surface area (Å²) in [6.07, 6.45) is 0. The summed E-state index contributed by atoms with van der Waals surface area (Å²) in [5.74, 6) is 2.33. The molecule has 0 amide bonds.